The number of ether oxygens (including phenoxy) is 2. The van der Waals surface area contributed by atoms with Gasteiger partial charge in [0.05, 0.1) is 17.7 Å². The second kappa shape index (κ2) is 11.3. The molecule has 9 heteroatoms. The third-order valence-electron chi connectivity index (χ3n) is 4.66. The molecular formula is C24H24BrNO6S. The molecule has 3 rings (SSSR count). The summed E-state index contributed by atoms with van der Waals surface area (Å²) in [7, 11) is -4.08. The predicted molar refractivity (Wildman–Crippen MR) is 130 cm³/mol. The molecule has 1 atom stereocenters. The second-order valence-electron chi connectivity index (χ2n) is 7.22. The van der Waals surface area contributed by atoms with Gasteiger partial charge >= 0.3 is 6.09 Å². The molecule has 3 aromatic carbocycles. The number of rotatable bonds is 9. The van der Waals surface area contributed by atoms with Crippen LogP contribution in [0.15, 0.2) is 78.9 Å². The maximum Gasteiger partial charge on any atom is 0.428 e. The van der Waals surface area contributed by atoms with Crippen molar-refractivity contribution in [2.75, 3.05) is 17.2 Å². The Morgan fingerprint density at radius 1 is 0.970 bits per heavy atom. The maximum atomic E-state index is 12.9. The van der Waals surface area contributed by atoms with Crippen LogP contribution < -0.4 is 9.04 Å². The van der Waals surface area contributed by atoms with Crippen molar-refractivity contribution < 1.29 is 27.8 Å². The Morgan fingerprint density at radius 3 is 2.09 bits per heavy atom. The number of nitrogens with zero attached hydrogens (tertiary/aromatic N) is 1. The van der Waals surface area contributed by atoms with Crippen molar-refractivity contribution in [3.63, 3.8) is 0 Å². The second-order valence-corrected chi connectivity index (χ2v) is 10.2. The molecule has 0 spiro atoms. The Balaban J connectivity index is 1.96. The van der Waals surface area contributed by atoms with Gasteiger partial charge in [-0.1, -0.05) is 82.7 Å². The van der Waals surface area contributed by atoms with Crippen molar-refractivity contribution in [1.82, 2.24) is 0 Å². The summed E-state index contributed by atoms with van der Waals surface area (Å²) < 4.78 is 37.1. The number of anilines is 1. The molecule has 1 amide bonds. The van der Waals surface area contributed by atoms with E-state index < -0.39 is 20.9 Å². The lowest BCUT2D eigenvalue weighted by molar-refractivity contribution is 0.151. The van der Waals surface area contributed by atoms with E-state index in [9.17, 15) is 18.3 Å². The molecule has 0 aliphatic rings. The first-order valence-corrected chi connectivity index (χ1v) is 12.8. The zero-order valence-electron chi connectivity index (χ0n) is 17.9. The van der Waals surface area contributed by atoms with Crippen LogP contribution in [0.3, 0.4) is 0 Å². The van der Waals surface area contributed by atoms with E-state index in [0.717, 1.165) is 17.4 Å². The van der Waals surface area contributed by atoms with Gasteiger partial charge in [-0.2, -0.15) is 4.31 Å². The highest BCUT2D eigenvalue weighted by atomic mass is 79.9. The first-order chi connectivity index (χ1) is 15.8. The van der Waals surface area contributed by atoms with Gasteiger partial charge in [0.2, 0.25) is 10.0 Å². The Kier molecular flexibility index (Phi) is 8.49. The minimum atomic E-state index is -4.08. The highest BCUT2D eigenvalue weighted by molar-refractivity contribution is 9.09. The van der Waals surface area contributed by atoms with E-state index in [-0.39, 0.29) is 31.3 Å². The number of carbonyl (C=O) groups excluding carboxylic acids is 1. The number of halogens is 1. The zero-order chi connectivity index (χ0) is 23.8. The smallest absolute Gasteiger partial charge is 0.428 e. The average molecular weight is 534 g/mol. The lowest BCUT2D eigenvalue weighted by atomic mass is 10.1. The van der Waals surface area contributed by atoms with Crippen LogP contribution in [0.5, 0.6) is 5.75 Å². The van der Waals surface area contributed by atoms with E-state index in [1.807, 2.05) is 36.4 Å². The fourth-order valence-corrected chi connectivity index (χ4v) is 4.15. The number of benzene rings is 3. The molecule has 0 saturated heterocycles. The summed E-state index contributed by atoms with van der Waals surface area (Å²) >= 11 is 3.34. The molecule has 0 fully saturated rings. The Labute approximate surface area is 201 Å². The lowest BCUT2D eigenvalue weighted by Gasteiger charge is -2.24. The van der Waals surface area contributed by atoms with Crippen molar-refractivity contribution in [3.05, 3.63) is 95.6 Å². The van der Waals surface area contributed by atoms with Gasteiger partial charge in [-0.3, -0.25) is 0 Å². The topological polar surface area (TPSA) is 93.1 Å². The number of hydrogen-bond donors (Lipinski definition) is 1. The van der Waals surface area contributed by atoms with Crippen molar-refractivity contribution in [3.8, 4) is 5.75 Å². The quantitative estimate of drug-likeness (QED) is 0.397. The molecule has 3 aromatic rings. The number of amides is 1. The third-order valence-corrected chi connectivity index (χ3v) is 6.49. The lowest BCUT2D eigenvalue weighted by Crippen LogP contribution is -2.37. The standard InChI is InChI=1S/C24H24BrNO6S/c1-33(29,30)26(24(28)32-17-19-10-6-3-7-11-19)22-14-20(21(25)15-27)12-13-23(22)31-16-18-8-4-2-5-9-18/h2-14,21,27H,15-17H2,1H3. The summed E-state index contributed by atoms with van der Waals surface area (Å²) in [6.07, 6.45) is -0.139. The molecule has 33 heavy (non-hydrogen) atoms. The molecule has 0 saturated carbocycles. The molecule has 7 nitrogen and oxygen atoms in total. The van der Waals surface area contributed by atoms with E-state index in [2.05, 4.69) is 15.9 Å². The van der Waals surface area contributed by atoms with E-state index >= 15 is 0 Å². The van der Waals surface area contributed by atoms with Crippen LogP contribution in [0.2, 0.25) is 0 Å². The van der Waals surface area contributed by atoms with Gasteiger partial charge < -0.3 is 14.6 Å². The van der Waals surface area contributed by atoms with Crippen LogP contribution in [0.1, 0.15) is 21.5 Å². The summed E-state index contributed by atoms with van der Waals surface area (Å²) in [6.45, 7) is -0.147. The fraction of sp³-hybridized carbons (Fsp3) is 0.208. The fourth-order valence-electron chi connectivity index (χ4n) is 3.04. The summed E-state index contributed by atoms with van der Waals surface area (Å²) in [5.41, 5.74) is 2.17. The minimum absolute atomic E-state index is 0.00175. The molecular weight excluding hydrogens is 510 g/mol. The number of aliphatic hydroxyl groups is 1. The van der Waals surface area contributed by atoms with Crippen LogP contribution in [-0.2, 0) is 28.0 Å². The molecule has 0 aromatic heterocycles. The van der Waals surface area contributed by atoms with Gasteiger partial charge in [0, 0.05) is 0 Å². The van der Waals surface area contributed by atoms with Gasteiger partial charge in [-0.05, 0) is 28.8 Å². The van der Waals surface area contributed by atoms with E-state index in [4.69, 9.17) is 9.47 Å². The van der Waals surface area contributed by atoms with Crippen molar-refractivity contribution in [2.24, 2.45) is 0 Å². The summed E-state index contributed by atoms with van der Waals surface area (Å²) in [4.78, 5) is 12.5. The molecule has 0 heterocycles. The molecule has 0 radical (unpaired) electrons. The average Bonchev–Trinajstić information content (AvgIpc) is 2.82. The highest BCUT2D eigenvalue weighted by Crippen LogP contribution is 2.36. The Bertz CT molecular complexity index is 1170. The molecule has 0 aliphatic carbocycles. The van der Waals surface area contributed by atoms with E-state index in [1.54, 1.807) is 36.4 Å². The Morgan fingerprint density at radius 2 is 1.55 bits per heavy atom. The number of sulfonamides is 1. The van der Waals surface area contributed by atoms with Crippen LogP contribution in [0, 0.1) is 0 Å². The first kappa shape index (κ1) is 24.8. The molecule has 1 unspecified atom stereocenters. The molecule has 0 aliphatic heterocycles. The van der Waals surface area contributed by atoms with Crippen molar-refractivity contribution in [2.45, 2.75) is 18.0 Å². The molecule has 0 bridgehead atoms. The number of carbonyl (C=O) groups is 1. The monoisotopic (exact) mass is 533 g/mol. The Hall–Kier alpha value is -2.88. The largest absolute Gasteiger partial charge is 0.487 e. The normalized spacial score (nSPS) is 12.1. The van der Waals surface area contributed by atoms with E-state index in [1.165, 1.54) is 6.07 Å². The summed E-state index contributed by atoms with van der Waals surface area (Å²) in [5, 5.41) is 9.52. The first-order valence-electron chi connectivity index (χ1n) is 10.1. The van der Waals surface area contributed by atoms with Gasteiger partial charge in [-0.15, -0.1) is 0 Å². The van der Waals surface area contributed by atoms with Crippen LogP contribution in [0.25, 0.3) is 0 Å². The molecule has 1 N–H and O–H groups in total. The highest BCUT2D eigenvalue weighted by Gasteiger charge is 2.31. The van der Waals surface area contributed by atoms with Gasteiger partial charge in [0.1, 0.15) is 24.7 Å². The van der Waals surface area contributed by atoms with Crippen LogP contribution >= 0.6 is 15.9 Å². The number of alkyl halides is 1. The van der Waals surface area contributed by atoms with Crippen molar-refractivity contribution in [1.29, 1.82) is 0 Å². The van der Waals surface area contributed by atoms with Crippen molar-refractivity contribution >= 4 is 37.7 Å². The van der Waals surface area contributed by atoms with Gasteiger partial charge in [-0.25, -0.2) is 13.2 Å². The maximum absolute atomic E-state index is 12.9. The van der Waals surface area contributed by atoms with E-state index in [0.29, 0.717) is 9.87 Å². The molecule has 174 valence electrons. The van der Waals surface area contributed by atoms with Gasteiger partial charge in [0.25, 0.3) is 0 Å². The number of aliphatic hydroxyl groups excluding tert-OH is 1. The van der Waals surface area contributed by atoms with Crippen LogP contribution in [0.4, 0.5) is 10.5 Å². The predicted octanol–water partition coefficient (Wildman–Crippen LogP) is 4.80. The van der Waals surface area contributed by atoms with Gasteiger partial charge in [0.15, 0.2) is 0 Å². The number of hydrogen-bond acceptors (Lipinski definition) is 6. The summed E-state index contributed by atoms with van der Waals surface area (Å²) in [6, 6.07) is 23.0. The zero-order valence-corrected chi connectivity index (χ0v) is 20.3. The summed E-state index contributed by atoms with van der Waals surface area (Å²) in [5.74, 6) is 0.183. The SMILES string of the molecule is CS(=O)(=O)N(C(=O)OCc1ccccc1)c1cc(C(Br)CO)ccc1OCc1ccccc1. The van der Waals surface area contributed by atoms with Crippen LogP contribution in [-0.4, -0.2) is 32.5 Å². The minimum Gasteiger partial charge on any atom is -0.487 e. The third kappa shape index (κ3) is 6.80.